The molecule has 0 aliphatic rings. The van der Waals surface area contributed by atoms with Gasteiger partial charge in [-0.05, 0) is 23.8 Å². The second-order valence-corrected chi connectivity index (χ2v) is 7.26. The maximum atomic E-state index is 10.5. The molecule has 6 heteroatoms. The number of H-pyrrole nitrogens is 1. The number of methoxy groups -OCH3 is 1. The first-order chi connectivity index (χ1) is 14.7. The van der Waals surface area contributed by atoms with Crippen LogP contribution in [0, 0.1) is 0 Å². The van der Waals surface area contributed by atoms with Gasteiger partial charge in [0.25, 0.3) is 0 Å². The van der Waals surface area contributed by atoms with E-state index in [1.165, 1.54) is 23.9 Å². The smallest absolute Gasteiger partial charge is 0.164 e. The van der Waals surface area contributed by atoms with E-state index in [1.807, 2.05) is 18.2 Å². The van der Waals surface area contributed by atoms with Gasteiger partial charge in [-0.2, -0.15) is 0 Å². The fraction of sp³-hybridized carbons (Fsp3) is 0.250. The molecule has 4 rings (SSSR count). The predicted molar refractivity (Wildman–Crippen MR) is 119 cm³/mol. The first-order valence-corrected chi connectivity index (χ1v) is 10.0. The number of hydrogen-bond acceptors (Lipinski definition) is 5. The monoisotopic (exact) mass is 406 g/mol. The quantitative estimate of drug-likeness (QED) is 0.319. The number of rotatable bonds is 9. The lowest BCUT2D eigenvalue weighted by Crippen LogP contribution is -2.31. The summed E-state index contributed by atoms with van der Waals surface area (Å²) >= 11 is 0. The first-order valence-electron chi connectivity index (χ1n) is 10.0. The number of nitrogens with one attached hydrogen (secondary N) is 2. The number of aromatic nitrogens is 1. The van der Waals surface area contributed by atoms with E-state index < -0.39 is 6.10 Å². The Labute approximate surface area is 175 Å². The summed E-state index contributed by atoms with van der Waals surface area (Å²) in [6.07, 6.45) is 0.0503. The fourth-order valence-corrected chi connectivity index (χ4v) is 3.71. The van der Waals surface area contributed by atoms with E-state index in [0.717, 1.165) is 16.6 Å². The van der Waals surface area contributed by atoms with Gasteiger partial charge in [0.2, 0.25) is 0 Å². The zero-order valence-electron chi connectivity index (χ0n) is 16.9. The van der Waals surface area contributed by atoms with Crippen molar-refractivity contribution < 1.29 is 19.7 Å². The first kappa shape index (κ1) is 20.1. The van der Waals surface area contributed by atoms with Crippen LogP contribution in [0.3, 0.4) is 0 Å². The van der Waals surface area contributed by atoms with Crippen molar-refractivity contribution >= 4 is 21.8 Å². The third-order valence-corrected chi connectivity index (χ3v) is 5.15. The molecular weight excluding hydrogens is 380 g/mol. The molecule has 156 valence electrons. The summed E-state index contributed by atoms with van der Waals surface area (Å²) in [6.45, 7) is 1.47. The van der Waals surface area contributed by atoms with Crippen LogP contribution in [-0.4, -0.2) is 48.1 Å². The molecular formula is C24H26N2O4. The van der Waals surface area contributed by atoms with Gasteiger partial charge < -0.3 is 30.0 Å². The number of aliphatic hydroxyl groups excluding tert-OH is 1. The highest BCUT2D eigenvalue weighted by molar-refractivity contribution is 6.08. The standard InChI is InChI=1S/C24H26N2O4/c1-29-23-14-17(27)9-10-22(23)30-12-11-25-15-18(28)13-16-5-4-7-20-19-6-2-3-8-21(19)26-24(16)20/h2-10,14,18,25-28H,11-13,15H2,1H3/t18-/m0/s1. The summed E-state index contributed by atoms with van der Waals surface area (Å²) in [4.78, 5) is 3.48. The van der Waals surface area contributed by atoms with Crippen LogP contribution in [0.25, 0.3) is 21.8 Å². The van der Waals surface area contributed by atoms with Gasteiger partial charge in [0.1, 0.15) is 12.4 Å². The Balaban J connectivity index is 1.30. The van der Waals surface area contributed by atoms with Crippen molar-refractivity contribution in [3.05, 3.63) is 66.2 Å². The zero-order valence-corrected chi connectivity index (χ0v) is 16.9. The summed E-state index contributed by atoms with van der Waals surface area (Å²) in [6, 6.07) is 19.2. The highest BCUT2D eigenvalue weighted by Gasteiger charge is 2.12. The minimum Gasteiger partial charge on any atom is -0.508 e. The molecule has 30 heavy (non-hydrogen) atoms. The van der Waals surface area contributed by atoms with Crippen molar-refractivity contribution in [2.45, 2.75) is 12.5 Å². The molecule has 1 atom stereocenters. The van der Waals surface area contributed by atoms with Crippen LogP contribution in [0.1, 0.15) is 5.56 Å². The summed E-state index contributed by atoms with van der Waals surface area (Å²) in [5.41, 5.74) is 3.29. The molecule has 0 bridgehead atoms. The van der Waals surface area contributed by atoms with Crippen LogP contribution in [0.5, 0.6) is 17.2 Å². The molecule has 4 N–H and O–H groups in total. The summed E-state index contributed by atoms with van der Waals surface area (Å²) < 4.78 is 10.9. The van der Waals surface area contributed by atoms with Gasteiger partial charge in [-0.15, -0.1) is 0 Å². The summed E-state index contributed by atoms with van der Waals surface area (Å²) in [5, 5.41) is 25.6. The van der Waals surface area contributed by atoms with Crippen molar-refractivity contribution in [3.8, 4) is 17.2 Å². The van der Waals surface area contributed by atoms with Crippen molar-refractivity contribution in [1.82, 2.24) is 10.3 Å². The van der Waals surface area contributed by atoms with Crippen LogP contribution < -0.4 is 14.8 Å². The lowest BCUT2D eigenvalue weighted by molar-refractivity contribution is 0.169. The molecule has 1 heterocycles. The van der Waals surface area contributed by atoms with Crippen LogP contribution in [0.2, 0.25) is 0 Å². The zero-order chi connectivity index (χ0) is 20.9. The molecule has 1 aromatic heterocycles. The third-order valence-electron chi connectivity index (χ3n) is 5.15. The van der Waals surface area contributed by atoms with Gasteiger partial charge in [-0.25, -0.2) is 0 Å². The highest BCUT2D eigenvalue weighted by atomic mass is 16.5. The van der Waals surface area contributed by atoms with Crippen LogP contribution in [-0.2, 0) is 6.42 Å². The van der Waals surface area contributed by atoms with Gasteiger partial charge in [-0.1, -0.05) is 36.4 Å². The number of aromatic hydroxyl groups is 1. The summed E-state index contributed by atoms with van der Waals surface area (Å²) in [7, 11) is 1.53. The fourth-order valence-electron chi connectivity index (χ4n) is 3.71. The Bertz CT molecular complexity index is 1140. The van der Waals surface area contributed by atoms with E-state index >= 15 is 0 Å². The topological polar surface area (TPSA) is 86.7 Å². The van der Waals surface area contributed by atoms with Crippen LogP contribution in [0.15, 0.2) is 60.7 Å². The van der Waals surface area contributed by atoms with Crippen molar-refractivity contribution in [1.29, 1.82) is 0 Å². The molecule has 0 aliphatic carbocycles. The van der Waals surface area contributed by atoms with Gasteiger partial charge in [-0.3, -0.25) is 0 Å². The van der Waals surface area contributed by atoms with E-state index in [-0.39, 0.29) is 5.75 Å². The number of phenolic OH excluding ortho intramolecular Hbond substituents is 1. The third kappa shape index (κ3) is 4.35. The van der Waals surface area contributed by atoms with Gasteiger partial charge in [0.05, 0.1) is 13.2 Å². The van der Waals surface area contributed by atoms with Crippen molar-refractivity contribution in [2.24, 2.45) is 0 Å². The number of hydrogen-bond donors (Lipinski definition) is 4. The minimum atomic E-state index is -0.509. The second-order valence-electron chi connectivity index (χ2n) is 7.26. The molecule has 0 unspecified atom stereocenters. The van der Waals surface area contributed by atoms with E-state index in [2.05, 4.69) is 34.6 Å². The highest BCUT2D eigenvalue weighted by Crippen LogP contribution is 2.30. The second kappa shape index (κ2) is 9.07. The Morgan fingerprint density at radius 1 is 1.00 bits per heavy atom. The lowest BCUT2D eigenvalue weighted by Gasteiger charge is -2.14. The average molecular weight is 406 g/mol. The van der Waals surface area contributed by atoms with E-state index in [0.29, 0.717) is 37.6 Å². The Hall–Kier alpha value is -3.22. The molecule has 0 spiro atoms. The van der Waals surface area contributed by atoms with Crippen LogP contribution in [0.4, 0.5) is 0 Å². The average Bonchev–Trinajstić information content (AvgIpc) is 3.14. The number of para-hydroxylation sites is 2. The largest absolute Gasteiger partial charge is 0.508 e. The van der Waals surface area contributed by atoms with Gasteiger partial charge >= 0.3 is 0 Å². The number of aliphatic hydroxyl groups is 1. The Kier molecular flexibility index (Phi) is 6.07. The molecule has 0 aliphatic heterocycles. The lowest BCUT2D eigenvalue weighted by atomic mass is 10.0. The number of ether oxygens (including phenoxy) is 2. The summed E-state index contributed by atoms with van der Waals surface area (Å²) in [5.74, 6) is 1.19. The molecule has 4 aromatic rings. The normalized spacial score (nSPS) is 12.3. The van der Waals surface area contributed by atoms with E-state index in [1.54, 1.807) is 12.1 Å². The Morgan fingerprint density at radius 2 is 1.83 bits per heavy atom. The minimum absolute atomic E-state index is 0.130. The maximum Gasteiger partial charge on any atom is 0.164 e. The molecule has 0 radical (unpaired) electrons. The molecule has 0 saturated carbocycles. The maximum absolute atomic E-state index is 10.5. The Morgan fingerprint density at radius 3 is 2.70 bits per heavy atom. The predicted octanol–water partition coefficient (Wildman–Crippen LogP) is 3.61. The number of aromatic amines is 1. The molecule has 0 fully saturated rings. The SMILES string of the molecule is COc1cc(O)ccc1OCCNC[C@@H](O)Cc1cccc2c1[nH]c1ccccc12. The van der Waals surface area contributed by atoms with Crippen molar-refractivity contribution in [3.63, 3.8) is 0 Å². The van der Waals surface area contributed by atoms with E-state index in [4.69, 9.17) is 9.47 Å². The number of benzene rings is 3. The molecule has 6 nitrogen and oxygen atoms in total. The number of phenols is 1. The van der Waals surface area contributed by atoms with Crippen LogP contribution >= 0.6 is 0 Å². The molecule has 0 amide bonds. The van der Waals surface area contributed by atoms with Gasteiger partial charge in [0, 0.05) is 47.4 Å². The van der Waals surface area contributed by atoms with Crippen molar-refractivity contribution in [2.75, 3.05) is 26.8 Å². The molecule has 3 aromatic carbocycles. The number of fused-ring (bicyclic) bond motifs is 3. The van der Waals surface area contributed by atoms with E-state index in [9.17, 15) is 10.2 Å². The molecule has 0 saturated heterocycles. The van der Waals surface area contributed by atoms with Gasteiger partial charge in [0.15, 0.2) is 11.5 Å².